The van der Waals surface area contributed by atoms with Crippen molar-refractivity contribution >= 4 is 22.7 Å². The van der Waals surface area contributed by atoms with Crippen molar-refractivity contribution in [2.75, 3.05) is 13.6 Å². The minimum atomic E-state index is -0.820. The number of nitrogens with zero attached hydrogens (tertiary/aromatic N) is 1. The third-order valence-electron chi connectivity index (χ3n) is 3.90. The van der Waals surface area contributed by atoms with Crippen LogP contribution in [0.4, 0.5) is 4.79 Å². The zero-order valence-corrected chi connectivity index (χ0v) is 12.9. The van der Waals surface area contributed by atoms with Gasteiger partial charge in [0.15, 0.2) is 0 Å². The highest BCUT2D eigenvalue weighted by Gasteiger charge is 2.19. The van der Waals surface area contributed by atoms with E-state index >= 15 is 0 Å². The maximum atomic E-state index is 11.8. The maximum absolute atomic E-state index is 11.8. The van der Waals surface area contributed by atoms with Crippen molar-refractivity contribution in [3.63, 3.8) is 0 Å². The normalized spacial score (nSPS) is 12.3. The van der Waals surface area contributed by atoms with Gasteiger partial charge in [-0.2, -0.15) is 0 Å². The Balaban J connectivity index is 2.02. The predicted octanol–water partition coefficient (Wildman–Crippen LogP) is 1.90. The van der Waals surface area contributed by atoms with Gasteiger partial charge in [-0.25, -0.2) is 4.79 Å². The highest BCUT2D eigenvalue weighted by molar-refractivity contribution is 5.96. The number of urea groups is 1. The first-order valence-electron chi connectivity index (χ1n) is 7.26. The van der Waals surface area contributed by atoms with E-state index in [0.717, 1.165) is 6.42 Å². The fourth-order valence-corrected chi connectivity index (χ4v) is 2.43. The molecule has 0 aliphatic rings. The Hall–Kier alpha value is -2.40. The fourth-order valence-electron chi connectivity index (χ4n) is 2.43. The van der Waals surface area contributed by atoms with E-state index in [1.165, 1.54) is 16.3 Å². The summed E-state index contributed by atoms with van der Waals surface area (Å²) in [6.07, 6.45) is 0.825. The van der Waals surface area contributed by atoms with E-state index in [4.69, 9.17) is 5.73 Å². The van der Waals surface area contributed by atoms with Crippen molar-refractivity contribution in [1.82, 2.24) is 10.2 Å². The SMILES string of the molecule is C[C@H](C(=O)NC(N)=O)N(C)CCc1cccc2ccccc12. The fraction of sp³-hybridized carbons (Fsp3) is 0.294. The quantitative estimate of drug-likeness (QED) is 0.885. The van der Waals surface area contributed by atoms with Crippen molar-refractivity contribution in [3.8, 4) is 0 Å². The lowest BCUT2D eigenvalue weighted by Crippen LogP contribution is -2.47. The number of carbonyl (C=O) groups is 2. The number of nitrogens with one attached hydrogen (secondary N) is 1. The number of amides is 3. The van der Waals surface area contributed by atoms with Gasteiger partial charge in [0, 0.05) is 6.54 Å². The van der Waals surface area contributed by atoms with Gasteiger partial charge in [0.25, 0.3) is 0 Å². The van der Waals surface area contributed by atoms with Crippen LogP contribution in [0.25, 0.3) is 10.8 Å². The van der Waals surface area contributed by atoms with Crippen LogP contribution in [-0.4, -0.2) is 36.5 Å². The molecule has 0 fully saturated rings. The molecule has 0 aliphatic carbocycles. The Bertz CT molecular complexity index is 679. The van der Waals surface area contributed by atoms with Crippen molar-refractivity contribution in [1.29, 1.82) is 0 Å². The van der Waals surface area contributed by atoms with E-state index in [1.807, 2.05) is 30.1 Å². The van der Waals surface area contributed by atoms with E-state index in [1.54, 1.807) is 6.92 Å². The smallest absolute Gasteiger partial charge is 0.318 e. The van der Waals surface area contributed by atoms with Crippen molar-refractivity contribution in [2.24, 2.45) is 5.73 Å². The van der Waals surface area contributed by atoms with Crippen LogP contribution in [0.2, 0.25) is 0 Å². The van der Waals surface area contributed by atoms with Crippen LogP contribution < -0.4 is 11.1 Å². The molecule has 0 aliphatic heterocycles. The average Bonchev–Trinajstić information content (AvgIpc) is 2.51. The van der Waals surface area contributed by atoms with Crippen LogP contribution in [0, 0.1) is 0 Å². The molecule has 0 saturated heterocycles. The topological polar surface area (TPSA) is 75.4 Å². The molecule has 0 saturated carbocycles. The highest BCUT2D eigenvalue weighted by Crippen LogP contribution is 2.19. The molecule has 2 aromatic carbocycles. The summed E-state index contributed by atoms with van der Waals surface area (Å²) in [5.74, 6) is -0.382. The molecular formula is C17H21N3O2. The van der Waals surface area contributed by atoms with Crippen molar-refractivity contribution < 1.29 is 9.59 Å². The Morgan fingerprint density at radius 1 is 1.18 bits per heavy atom. The molecule has 5 nitrogen and oxygen atoms in total. The molecule has 0 spiro atoms. The lowest BCUT2D eigenvalue weighted by atomic mass is 10.0. The first-order chi connectivity index (χ1) is 10.5. The monoisotopic (exact) mass is 299 g/mol. The Labute approximate surface area is 130 Å². The van der Waals surface area contributed by atoms with Gasteiger partial charge in [0.1, 0.15) is 0 Å². The van der Waals surface area contributed by atoms with E-state index in [2.05, 4.69) is 29.6 Å². The molecular weight excluding hydrogens is 278 g/mol. The largest absolute Gasteiger partial charge is 0.351 e. The van der Waals surface area contributed by atoms with Crippen LogP contribution >= 0.6 is 0 Å². The summed E-state index contributed by atoms with van der Waals surface area (Å²) in [7, 11) is 1.86. The highest BCUT2D eigenvalue weighted by atomic mass is 16.2. The third kappa shape index (κ3) is 3.83. The minimum absolute atomic E-state index is 0.382. The summed E-state index contributed by atoms with van der Waals surface area (Å²) in [5.41, 5.74) is 6.21. The number of hydrogen-bond donors (Lipinski definition) is 2. The van der Waals surface area contributed by atoms with Gasteiger partial charge < -0.3 is 5.73 Å². The van der Waals surface area contributed by atoms with Gasteiger partial charge in [0.05, 0.1) is 6.04 Å². The second-order valence-electron chi connectivity index (χ2n) is 5.40. The molecule has 0 heterocycles. The zero-order chi connectivity index (χ0) is 16.1. The first kappa shape index (κ1) is 16.0. The van der Waals surface area contributed by atoms with Crippen molar-refractivity contribution in [2.45, 2.75) is 19.4 Å². The lowest BCUT2D eigenvalue weighted by molar-refractivity contribution is -0.124. The number of imide groups is 1. The minimum Gasteiger partial charge on any atom is -0.351 e. The molecule has 5 heteroatoms. The van der Waals surface area contributed by atoms with Gasteiger partial charge in [0.2, 0.25) is 5.91 Å². The van der Waals surface area contributed by atoms with Gasteiger partial charge >= 0.3 is 6.03 Å². The second-order valence-corrected chi connectivity index (χ2v) is 5.40. The van der Waals surface area contributed by atoms with E-state index in [-0.39, 0.29) is 5.91 Å². The van der Waals surface area contributed by atoms with Gasteiger partial charge in [-0.1, -0.05) is 42.5 Å². The summed E-state index contributed by atoms with van der Waals surface area (Å²) in [5, 5.41) is 4.55. The van der Waals surface area contributed by atoms with Crippen LogP contribution in [0.15, 0.2) is 42.5 Å². The van der Waals surface area contributed by atoms with Crippen LogP contribution in [-0.2, 0) is 11.2 Å². The molecule has 3 amide bonds. The predicted molar refractivity (Wildman–Crippen MR) is 87.5 cm³/mol. The summed E-state index contributed by atoms with van der Waals surface area (Å²) in [6, 6.07) is 13.2. The molecule has 0 unspecified atom stereocenters. The summed E-state index contributed by atoms with van der Waals surface area (Å²) < 4.78 is 0. The Morgan fingerprint density at radius 3 is 2.59 bits per heavy atom. The molecule has 0 bridgehead atoms. The molecule has 0 aromatic heterocycles. The van der Waals surface area contributed by atoms with Gasteiger partial charge in [-0.3, -0.25) is 15.0 Å². The summed E-state index contributed by atoms with van der Waals surface area (Å²) in [6.45, 7) is 2.46. The van der Waals surface area contributed by atoms with Gasteiger partial charge in [-0.15, -0.1) is 0 Å². The second kappa shape index (κ2) is 7.04. The third-order valence-corrected chi connectivity index (χ3v) is 3.90. The van der Waals surface area contributed by atoms with E-state index in [9.17, 15) is 9.59 Å². The molecule has 0 radical (unpaired) electrons. The van der Waals surface area contributed by atoms with Crippen LogP contribution in [0.5, 0.6) is 0 Å². The lowest BCUT2D eigenvalue weighted by Gasteiger charge is -2.23. The number of rotatable bonds is 5. The van der Waals surface area contributed by atoms with Crippen LogP contribution in [0.3, 0.4) is 0 Å². The maximum Gasteiger partial charge on any atom is 0.318 e. The molecule has 1 atom stereocenters. The molecule has 3 N–H and O–H groups in total. The molecule has 2 rings (SSSR count). The summed E-state index contributed by atoms with van der Waals surface area (Å²) >= 11 is 0. The Kier molecular flexibility index (Phi) is 5.12. The standard InChI is InChI=1S/C17H21N3O2/c1-12(16(21)19-17(18)22)20(2)11-10-14-8-5-7-13-6-3-4-9-15(13)14/h3-9,12H,10-11H2,1-2H3,(H3,18,19,21,22)/t12-/m1/s1. The number of likely N-dealkylation sites (N-methyl/N-ethyl adjacent to an activating group) is 1. The average molecular weight is 299 g/mol. The first-order valence-corrected chi connectivity index (χ1v) is 7.26. The van der Waals surface area contributed by atoms with E-state index in [0.29, 0.717) is 6.54 Å². The molecule has 116 valence electrons. The number of hydrogen-bond acceptors (Lipinski definition) is 3. The molecule has 22 heavy (non-hydrogen) atoms. The van der Waals surface area contributed by atoms with Gasteiger partial charge in [-0.05, 0) is 36.7 Å². The number of fused-ring (bicyclic) bond motifs is 1. The van der Waals surface area contributed by atoms with Crippen LogP contribution in [0.1, 0.15) is 12.5 Å². The number of primary amides is 1. The number of benzene rings is 2. The van der Waals surface area contributed by atoms with E-state index < -0.39 is 12.1 Å². The number of carbonyl (C=O) groups excluding carboxylic acids is 2. The Morgan fingerprint density at radius 2 is 1.86 bits per heavy atom. The number of nitrogens with two attached hydrogens (primary N) is 1. The van der Waals surface area contributed by atoms with Crippen molar-refractivity contribution in [3.05, 3.63) is 48.0 Å². The molecule has 2 aromatic rings. The zero-order valence-electron chi connectivity index (χ0n) is 12.9. The summed E-state index contributed by atoms with van der Waals surface area (Å²) in [4.78, 5) is 24.4.